The van der Waals surface area contributed by atoms with Crippen LogP contribution in [0.4, 0.5) is 4.79 Å². The number of amides is 1. The van der Waals surface area contributed by atoms with Crippen molar-refractivity contribution in [2.24, 2.45) is 0 Å². The van der Waals surface area contributed by atoms with Crippen LogP contribution in [-0.4, -0.2) is 77.0 Å². The van der Waals surface area contributed by atoms with Crippen molar-refractivity contribution in [3.8, 4) is 0 Å². The Morgan fingerprint density at radius 1 is 1.04 bits per heavy atom. The maximum absolute atomic E-state index is 12.1. The summed E-state index contributed by atoms with van der Waals surface area (Å²) in [4.78, 5) is 27.5. The van der Waals surface area contributed by atoms with Gasteiger partial charge in [-0.15, -0.1) is 0 Å². The van der Waals surface area contributed by atoms with Crippen LogP contribution in [0.2, 0.25) is 0 Å². The Labute approximate surface area is 138 Å². The fourth-order valence-corrected chi connectivity index (χ4v) is 2.31. The van der Waals surface area contributed by atoms with Crippen molar-refractivity contribution in [3.63, 3.8) is 0 Å². The molecule has 0 spiro atoms. The van der Waals surface area contributed by atoms with E-state index in [4.69, 9.17) is 9.47 Å². The van der Waals surface area contributed by atoms with Gasteiger partial charge in [-0.3, -0.25) is 9.69 Å². The van der Waals surface area contributed by atoms with Gasteiger partial charge in [0.25, 0.3) is 0 Å². The monoisotopic (exact) mass is 330 g/mol. The van der Waals surface area contributed by atoms with Gasteiger partial charge in [0.15, 0.2) is 0 Å². The molecule has 7 heteroatoms. The van der Waals surface area contributed by atoms with E-state index in [1.54, 1.807) is 4.90 Å². The lowest BCUT2D eigenvalue weighted by Crippen LogP contribution is -2.58. The molecule has 1 saturated heterocycles. The highest BCUT2D eigenvalue weighted by molar-refractivity contribution is 5.72. The predicted molar refractivity (Wildman–Crippen MR) is 86.1 cm³/mol. The average molecular weight is 330 g/mol. The summed E-state index contributed by atoms with van der Waals surface area (Å²) in [5.41, 5.74) is -1.09. The Kier molecular flexibility index (Phi) is 6.41. The summed E-state index contributed by atoms with van der Waals surface area (Å²) in [6.45, 7) is 12.1. The van der Waals surface area contributed by atoms with Crippen molar-refractivity contribution in [1.29, 1.82) is 0 Å². The molecule has 1 aliphatic heterocycles. The molecule has 0 radical (unpaired) electrons. The van der Waals surface area contributed by atoms with Crippen molar-refractivity contribution in [3.05, 3.63) is 0 Å². The van der Waals surface area contributed by atoms with Crippen LogP contribution in [0.5, 0.6) is 0 Å². The minimum Gasteiger partial charge on any atom is -0.459 e. The highest BCUT2D eigenvalue weighted by atomic mass is 16.6. The minimum atomic E-state index is -0.556. The molecule has 1 fully saturated rings. The van der Waals surface area contributed by atoms with Crippen LogP contribution in [0.15, 0.2) is 0 Å². The van der Waals surface area contributed by atoms with Gasteiger partial charge in [-0.25, -0.2) is 4.79 Å². The fraction of sp³-hybridized carbons (Fsp3) is 0.875. The molecule has 0 aliphatic carbocycles. The molecule has 0 bridgehead atoms. The summed E-state index contributed by atoms with van der Waals surface area (Å²) in [7, 11) is 0. The highest BCUT2D eigenvalue weighted by Gasteiger charge is 2.33. The van der Waals surface area contributed by atoms with Crippen LogP contribution in [0, 0.1) is 0 Å². The number of hydrogen-bond acceptors (Lipinski definition) is 6. The van der Waals surface area contributed by atoms with Gasteiger partial charge in [0.2, 0.25) is 0 Å². The Bertz CT molecular complexity index is 425. The van der Waals surface area contributed by atoms with Gasteiger partial charge in [0, 0.05) is 19.6 Å². The molecule has 1 unspecified atom stereocenters. The maximum atomic E-state index is 12.1. The number of esters is 1. The third-order valence-electron chi connectivity index (χ3n) is 3.22. The predicted octanol–water partition coefficient (Wildman–Crippen LogP) is 1.24. The number of piperazine rings is 1. The van der Waals surface area contributed by atoms with Crippen LogP contribution in [0.3, 0.4) is 0 Å². The Morgan fingerprint density at radius 2 is 1.61 bits per heavy atom. The molecule has 0 aromatic heterocycles. The number of aliphatic hydroxyl groups is 1. The van der Waals surface area contributed by atoms with E-state index in [1.807, 2.05) is 46.4 Å². The van der Waals surface area contributed by atoms with E-state index in [9.17, 15) is 14.7 Å². The smallest absolute Gasteiger partial charge is 0.410 e. The van der Waals surface area contributed by atoms with Crippen LogP contribution in [0.1, 0.15) is 41.5 Å². The zero-order valence-corrected chi connectivity index (χ0v) is 15.1. The van der Waals surface area contributed by atoms with Gasteiger partial charge in [-0.1, -0.05) is 0 Å². The number of carbonyl (C=O) groups excluding carboxylic acids is 2. The molecule has 0 aromatic rings. The normalized spacial score (nSPS) is 20.3. The average Bonchev–Trinajstić information content (AvgIpc) is 2.34. The summed E-state index contributed by atoms with van der Waals surface area (Å²) in [6, 6.07) is -0.302. The van der Waals surface area contributed by atoms with Crippen molar-refractivity contribution in [2.75, 3.05) is 32.8 Å². The molecule has 1 atom stereocenters. The molecule has 0 saturated carbocycles. The van der Waals surface area contributed by atoms with E-state index in [0.29, 0.717) is 19.6 Å². The summed E-state index contributed by atoms with van der Waals surface area (Å²) in [5.74, 6) is -0.332. The quantitative estimate of drug-likeness (QED) is 0.785. The van der Waals surface area contributed by atoms with Gasteiger partial charge in [-0.2, -0.15) is 0 Å². The molecule has 1 N–H and O–H groups in total. The molecule has 1 heterocycles. The van der Waals surface area contributed by atoms with Crippen molar-refractivity contribution < 1.29 is 24.2 Å². The number of nitrogens with zero attached hydrogens (tertiary/aromatic N) is 2. The number of ether oxygens (including phenoxy) is 2. The molecular formula is C16H30N2O5. The van der Waals surface area contributed by atoms with Crippen molar-refractivity contribution in [2.45, 2.75) is 58.8 Å². The first-order valence-corrected chi connectivity index (χ1v) is 7.96. The Morgan fingerprint density at radius 3 is 2.09 bits per heavy atom. The lowest BCUT2D eigenvalue weighted by atomic mass is 10.1. The molecule has 1 aliphatic rings. The van der Waals surface area contributed by atoms with E-state index in [0.717, 1.165) is 0 Å². The highest BCUT2D eigenvalue weighted by Crippen LogP contribution is 2.16. The van der Waals surface area contributed by atoms with E-state index in [1.165, 1.54) is 0 Å². The van der Waals surface area contributed by atoms with E-state index < -0.39 is 17.3 Å². The van der Waals surface area contributed by atoms with Crippen LogP contribution < -0.4 is 0 Å². The van der Waals surface area contributed by atoms with Gasteiger partial charge >= 0.3 is 12.1 Å². The van der Waals surface area contributed by atoms with Gasteiger partial charge in [-0.05, 0) is 41.5 Å². The summed E-state index contributed by atoms with van der Waals surface area (Å²) in [5, 5.41) is 9.57. The second-order valence-electron chi connectivity index (χ2n) is 7.82. The number of carbonyl (C=O) groups is 2. The lowest BCUT2D eigenvalue weighted by Gasteiger charge is -2.40. The van der Waals surface area contributed by atoms with Gasteiger partial charge in [0.05, 0.1) is 19.2 Å². The summed E-state index contributed by atoms with van der Waals surface area (Å²) >= 11 is 0. The molecule has 1 amide bonds. The Balaban J connectivity index is 2.59. The van der Waals surface area contributed by atoms with E-state index >= 15 is 0 Å². The van der Waals surface area contributed by atoms with E-state index in [-0.39, 0.29) is 25.2 Å². The number of rotatable bonds is 3. The van der Waals surface area contributed by atoms with Crippen LogP contribution in [0.25, 0.3) is 0 Å². The largest absolute Gasteiger partial charge is 0.459 e. The fourth-order valence-electron chi connectivity index (χ4n) is 2.31. The SMILES string of the molecule is CC(C)(C)OC(=O)CN1CCN(C(=O)OC(C)(C)C)CC1CO. The first kappa shape index (κ1) is 19.7. The maximum Gasteiger partial charge on any atom is 0.410 e. The van der Waals surface area contributed by atoms with Gasteiger partial charge < -0.3 is 19.5 Å². The zero-order chi connectivity index (χ0) is 17.8. The molecule has 23 heavy (non-hydrogen) atoms. The summed E-state index contributed by atoms with van der Waals surface area (Å²) < 4.78 is 10.7. The van der Waals surface area contributed by atoms with Crippen LogP contribution >= 0.6 is 0 Å². The standard InChI is InChI=1S/C16H30N2O5/c1-15(2,3)22-13(20)10-17-7-8-18(9-12(17)11-19)14(21)23-16(4,5)6/h12,19H,7-11H2,1-6H3. The van der Waals surface area contributed by atoms with E-state index in [2.05, 4.69) is 0 Å². The Hall–Kier alpha value is -1.34. The molecule has 0 aromatic carbocycles. The third kappa shape index (κ3) is 7.18. The molecule has 7 nitrogen and oxygen atoms in total. The topological polar surface area (TPSA) is 79.3 Å². The van der Waals surface area contributed by atoms with Gasteiger partial charge in [0.1, 0.15) is 11.2 Å². The van der Waals surface area contributed by atoms with Crippen molar-refractivity contribution in [1.82, 2.24) is 9.80 Å². The molecular weight excluding hydrogens is 300 g/mol. The lowest BCUT2D eigenvalue weighted by molar-refractivity contribution is -0.157. The van der Waals surface area contributed by atoms with Crippen molar-refractivity contribution >= 4 is 12.1 Å². The molecule has 134 valence electrons. The zero-order valence-electron chi connectivity index (χ0n) is 15.1. The summed E-state index contributed by atoms with van der Waals surface area (Å²) in [6.07, 6.45) is -0.395. The third-order valence-corrected chi connectivity index (χ3v) is 3.22. The molecule has 1 rings (SSSR count). The second-order valence-corrected chi connectivity index (χ2v) is 7.82. The first-order chi connectivity index (χ1) is 10.4. The van der Waals surface area contributed by atoms with Crippen LogP contribution in [-0.2, 0) is 14.3 Å². The number of aliphatic hydroxyl groups excluding tert-OH is 1. The first-order valence-electron chi connectivity index (χ1n) is 7.96. The second kappa shape index (κ2) is 7.49. The number of hydrogen-bond donors (Lipinski definition) is 1. The minimum absolute atomic E-state index is 0.102.